The van der Waals surface area contributed by atoms with Gasteiger partial charge in [0.25, 0.3) is 0 Å². The van der Waals surface area contributed by atoms with Crippen LogP contribution < -0.4 is 5.73 Å². The van der Waals surface area contributed by atoms with Gasteiger partial charge >= 0.3 is 0 Å². The summed E-state index contributed by atoms with van der Waals surface area (Å²) in [5, 5.41) is 0. The van der Waals surface area contributed by atoms with Gasteiger partial charge in [-0.05, 0) is 25.3 Å². The molecule has 0 radical (unpaired) electrons. The molecule has 0 spiro atoms. The van der Waals surface area contributed by atoms with Crippen molar-refractivity contribution in [2.45, 2.75) is 19.4 Å². The van der Waals surface area contributed by atoms with Crippen LogP contribution in [0.5, 0.6) is 0 Å². The molecular weight excluding hydrogens is 126 g/mol. The molecule has 0 aromatic carbocycles. The summed E-state index contributed by atoms with van der Waals surface area (Å²) in [5.41, 5.74) is 5.75. The summed E-state index contributed by atoms with van der Waals surface area (Å²) >= 11 is 0. The first kappa shape index (κ1) is 6.23. The Labute approximate surface area is 61.0 Å². The fraction of sp³-hybridized carbons (Fsp3) is 0.750. The van der Waals surface area contributed by atoms with Crippen LogP contribution in [0.1, 0.15) is 13.3 Å². The van der Waals surface area contributed by atoms with Gasteiger partial charge in [-0.15, -0.1) is 0 Å². The van der Waals surface area contributed by atoms with Crippen LogP contribution in [0, 0.1) is 11.8 Å². The van der Waals surface area contributed by atoms with E-state index in [4.69, 9.17) is 10.5 Å². The van der Waals surface area contributed by atoms with E-state index in [0.717, 1.165) is 12.5 Å². The summed E-state index contributed by atoms with van der Waals surface area (Å²) in [4.78, 5) is 0. The third-order valence-corrected chi connectivity index (χ3v) is 2.46. The van der Waals surface area contributed by atoms with Crippen molar-refractivity contribution >= 4 is 0 Å². The number of hydrogen-bond donors (Lipinski definition) is 1. The minimum Gasteiger partial charge on any atom is -0.497 e. The van der Waals surface area contributed by atoms with Gasteiger partial charge in [0.15, 0.2) is 0 Å². The highest BCUT2D eigenvalue weighted by atomic mass is 16.5. The van der Waals surface area contributed by atoms with E-state index in [1.54, 1.807) is 0 Å². The molecule has 2 N–H and O–H groups in total. The highest BCUT2D eigenvalue weighted by Crippen LogP contribution is 2.39. The molecule has 3 unspecified atom stereocenters. The largest absolute Gasteiger partial charge is 0.497 e. The smallest absolute Gasteiger partial charge is 0.0988 e. The van der Waals surface area contributed by atoms with Crippen LogP contribution in [0.4, 0.5) is 0 Å². The number of rotatable bonds is 1. The van der Waals surface area contributed by atoms with Crippen molar-refractivity contribution < 1.29 is 4.74 Å². The fourth-order valence-corrected chi connectivity index (χ4v) is 1.64. The summed E-state index contributed by atoms with van der Waals surface area (Å²) in [6, 6.07) is 0.293. The quantitative estimate of drug-likeness (QED) is 0.585. The van der Waals surface area contributed by atoms with Crippen LogP contribution >= 0.6 is 0 Å². The highest BCUT2D eigenvalue weighted by Gasteiger charge is 2.36. The van der Waals surface area contributed by atoms with E-state index in [0.29, 0.717) is 12.0 Å². The van der Waals surface area contributed by atoms with E-state index in [1.807, 2.05) is 0 Å². The van der Waals surface area contributed by atoms with E-state index < -0.39 is 0 Å². The van der Waals surface area contributed by atoms with E-state index in [9.17, 15) is 0 Å². The molecule has 56 valence electrons. The highest BCUT2D eigenvalue weighted by molar-refractivity contribution is 5.16. The summed E-state index contributed by atoms with van der Waals surface area (Å²) in [7, 11) is 0. The standard InChI is InChI=1S/C8H13NO/c1-5(9)6-2-7-4-10-8(7)3-6/h3,5-7H,2,4,9H2,1H3. The molecule has 0 aromatic heterocycles. The van der Waals surface area contributed by atoms with Gasteiger partial charge in [0, 0.05) is 6.04 Å². The second-order valence-electron chi connectivity index (χ2n) is 3.34. The molecule has 2 heteroatoms. The van der Waals surface area contributed by atoms with Crippen molar-refractivity contribution in [1.82, 2.24) is 0 Å². The molecule has 0 saturated carbocycles. The lowest BCUT2D eigenvalue weighted by atomic mass is 9.97. The Morgan fingerprint density at radius 2 is 2.60 bits per heavy atom. The monoisotopic (exact) mass is 139 g/mol. The average Bonchev–Trinajstić information content (AvgIpc) is 2.09. The Hall–Kier alpha value is -0.500. The van der Waals surface area contributed by atoms with Crippen LogP contribution in [-0.4, -0.2) is 12.6 Å². The third kappa shape index (κ3) is 0.754. The van der Waals surface area contributed by atoms with Crippen molar-refractivity contribution in [2.75, 3.05) is 6.61 Å². The molecule has 2 nitrogen and oxygen atoms in total. The van der Waals surface area contributed by atoms with Crippen LogP contribution in [0.2, 0.25) is 0 Å². The average molecular weight is 139 g/mol. The van der Waals surface area contributed by atoms with E-state index in [-0.39, 0.29) is 0 Å². The first-order chi connectivity index (χ1) is 4.77. The van der Waals surface area contributed by atoms with Gasteiger partial charge in [0.05, 0.1) is 18.3 Å². The predicted molar refractivity (Wildman–Crippen MR) is 39.3 cm³/mol. The molecule has 0 aromatic rings. The normalized spacial score (nSPS) is 39.2. The lowest BCUT2D eigenvalue weighted by Crippen LogP contribution is -2.26. The van der Waals surface area contributed by atoms with Gasteiger partial charge in [-0.25, -0.2) is 0 Å². The molecule has 1 aliphatic heterocycles. The van der Waals surface area contributed by atoms with Crippen molar-refractivity contribution in [3.8, 4) is 0 Å². The van der Waals surface area contributed by atoms with Crippen molar-refractivity contribution in [1.29, 1.82) is 0 Å². The van der Waals surface area contributed by atoms with E-state index >= 15 is 0 Å². The zero-order valence-electron chi connectivity index (χ0n) is 6.21. The Balaban J connectivity index is 2.04. The Morgan fingerprint density at radius 3 is 2.90 bits per heavy atom. The number of hydrogen-bond acceptors (Lipinski definition) is 2. The lowest BCUT2D eigenvalue weighted by Gasteiger charge is -2.26. The zero-order chi connectivity index (χ0) is 7.14. The van der Waals surface area contributed by atoms with Gasteiger partial charge in [-0.3, -0.25) is 0 Å². The number of fused-ring (bicyclic) bond motifs is 1. The van der Waals surface area contributed by atoms with E-state index in [1.165, 1.54) is 12.2 Å². The molecule has 1 saturated heterocycles. The zero-order valence-corrected chi connectivity index (χ0v) is 6.21. The SMILES string of the molecule is CC(N)C1C=C2OCC2C1. The predicted octanol–water partition coefficient (Wildman–Crippen LogP) is 0.884. The van der Waals surface area contributed by atoms with Crippen molar-refractivity contribution in [3.05, 3.63) is 11.8 Å². The molecule has 3 atom stereocenters. The van der Waals surface area contributed by atoms with Gasteiger partial charge in [0.1, 0.15) is 0 Å². The second-order valence-corrected chi connectivity index (χ2v) is 3.34. The van der Waals surface area contributed by atoms with Crippen LogP contribution in [0.3, 0.4) is 0 Å². The molecule has 2 aliphatic rings. The third-order valence-electron chi connectivity index (χ3n) is 2.46. The first-order valence-electron chi connectivity index (χ1n) is 3.87. The lowest BCUT2D eigenvalue weighted by molar-refractivity contribution is 0.0535. The Morgan fingerprint density at radius 1 is 1.80 bits per heavy atom. The van der Waals surface area contributed by atoms with E-state index in [2.05, 4.69) is 13.0 Å². The summed E-state index contributed by atoms with van der Waals surface area (Å²) < 4.78 is 5.24. The van der Waals surface area contributed by atoms with Gasteiger partial charge in [-0.1, -0.05) is 0 Å². The van der Waals surface area contributed by atoms with Crippen LogP contribution in [0.25, 0.3) is 0 Å². The number of nitrogens with two attached hydrogens (primary N) is 1. The molecule has 0 bridgehead atoms. The molecule has 1 aliphatic carbocycles. The summed E-state index contributed by atoms with van der Waals surface area (Å²) in [6.45, 7) is 2.99. The second kappa shape index (κ2) is 1.99. The fourth-order valence-electron chi connectivity index (χ4n) is 1.64. The number of ether oxygens (including phenoxy) is 1. The minimum absolute atomic E-state index is 0.293. The molecule has 0 amide bonds. The molecule has 1 heterocycles. The summed E-state index contributed by atoms with van der Waals surface area (Å²) in [5.74, 6) is 2.49. The topological polar surface area (TPSA) is 35.2 Å². The maximum Gasteiger partial charge on any atom is 0.0988 e. The van der Waals surface area contributed by atoms with Crippen molar-refractivity contribution in [3.63, 3.8) is 0 Å². The molecule has 2 rings (SSSR count). The molecule has 10 heavy (non-hydrogen) atoms. The Bertz CT molecular complexity index is 174. The maximum atomic E-state index is 5.75. The Kier molecular flexibility index (Phi) is 1.24. The molecule has 1 fully saturated rings. The first-order valence-corrected chi connectivity index (χ1v) is 3.87. The molecular formula is C8H13NO. The van der Waals surface area contributed by atoms with Crippen LogP contribution in [-0.2, 0) is 4.74 Å². The van der Waals surface area contributed by atoms with Crippen molar-refractivity contribution in [2.24, 2.45) is 17.6 Å². The minimum atomic E-state index is 0.293. The summed E-state index contributed by atoms with van der Waals surface area (Å²) in [6.07, 6.45) is 3.41. The van der Waals surface area contributed by atoms with Gasteiger partial charge < -0.3 is 10.5 Å². The maximum absolute atomic E-state index is 5.75. The van der Waals surface area contributed by atoms with Crippen LogP contribution in [0.15, 0.2) is 11.8 Å². The van der Waals surface area contributed by atoms with Gasteiger partial charge in [-0.2, -0.15) is 0 Å². The van der Waals surface area contributed by atoms with Gasteiger partial charge in [0.2, 0.25) is 0 Å².